The topological polar surface area (TPSA) is 72.8 Å². The first-order valence-corrected chi connectivity index (χ1v) is 12.8. The fourth-order valence-corrected chi connectivity index (χ4v) is 3.26. The lowest BCUT2D eigenvalue weighted by atomic mass is 10.0. The molecule has 0 aliphatic carbocycles. The summed E-state index contributed by atoms with van der Waals surface area (Å²) >= 11 is 0. The second-order valence-corrected chi connectivity index (χ2v) is 8.94. The van der Waals surface area contributed by atoms with E-state index >= 15 is 0 Å². The van der Waals surface area contributed by atoms with Crippen LogP contribution >= 0.6 is 0 Å². The number of unbranched alkanes of at least 4 members (excludes halogenated alkanes) is 14. The smallest absolute Gasteiger partial charge is 0.267 e. The van der Waals surface area contributed by atoms with Gasteiger partial charge in [-0.3, -0.25) is 4.55 Å². The summed E-state index contributed by atoms with van der Waals surface area (Å²) in [4.78, 5) is 0. The van der Waals surface area contributed by atoms with Crippen LogP contribution in [0.5, 0.6) is 0 Å². The quantitative estimate of drug-likeness (QED) is 0.155. The monoisotopic (exact) mass is 418 g/mol. The Morgan fingerprint density at radius 3 is 1.71 bits per heavy atom. The third-order valence-corrected chi connectivity index (χ3v) is 5.30. The number of hydrogen-bond acceptors (Lipinski definition) is 4. The van der Waals surface area contributed by atoms with Crippen molar-refractivity contribution in [2.24, 2.45) is 0 Å². The summed E-state index contributed by atoms with van der Waals surface area (Å²) in [5.74, 6) is 2.59. The Labute approximate surface area is 173 Å². The molecule has 0 atom stereocenters. The van der Waals surface area contributed by atoms with Gasteiger partial charge in [-0.25, -0.2) is 0 Å². The van der Waals surface area contributed by atoms with Crippen LogP contribution in [0.15, 0.2) is 0 Å². The molecule has 0 saturated heterocycles. The maximum atomic E-state index is 10.5. The summed E-state index contributed by atoms with van der Waals surface area (Å²) in [5.41, 5.74) is 0. The molecule has 0 rings (SSSR count). The van der Waals surface area contributed by atoms with Crippen LogP contribution in [0.25, 0.3) is 0 Å². The average Bonchev–Trinajstić information content (AvgIpc) is 2.65. The van der Waals surface area contributed by atoms with Crippen LogP contribution in [0.2, 0.25) is 0 Å². The predicted molar refractivity (Wildman–Crippen MR) is 116 cm³/mol. The van der Waals surface area contributed by atoms with Crippen LogP contribution in [-0.4, -0.2) is 38.5 Å². The Hall–Kier alpha value is -0.770. The van der Waals surface area contributed by atoms with E-state index in [1.807, 2.05) is 0 Å². The van der Waals surface area contributed by atoms with Crippen molar-refractivity contribution >= 4 is 10.1 Å². The van der Waals surface area contributed by atoms with Gasteiger partial charge in [-0.15, -0.1) is 0 Å². The van der Waals surface area contributed by atoms with Crippen molar-refractivity contribution in [1.29, 1.82) is 0 Å². The molecule has 5 nitrogen and oxygen atoms in total. The van der Waals surface area contributed by atoms with Gasteiger partial charge in [0.05, 0.1) is 19.0 Å². The van der Waals surface area contributed by atoms with Gasteiger partial charge in [-0.2, -0.15) is 8.42 Å². The average molecular weight is 419 g/mol. The zero-order valence-corrected chi connectivity index (χ0v) is 18.7. The molecule has 0 radical (unpaired) electrons. The van der Waals surface area contributed by atoms with E-state index in [-0.39, 0.29) is 13.2 Å². The second-order valence-electron chi connectivity index (χ2n) is 7.37. The summed E-state index contributed by atoms with van der Waals surface area (Å²) in [6.45, 7) is 2.80. The lowest BCUT2D eigenvalue weighted by molar-refractivity contribution is 0.100. The Kier molecular flexibility index (Phi) is 20.4. The van der Waals surface area contributed by atoms with Gasteiger partial charge >= 0.3 is 0 Å². The van der Waals surface area contributed by atoms with E-state index in [0.717, 1.165) is 12.8 Å². The van der Waals surface area contributed by atoms with E-state index in [9.17, 15) is 8.42 Å². The molecule has 0 aromatic rings. The van der Waals surface area contributed by atoms with Crippen LogP contribution < -0.4 is 0 Å². The zero-order chi connectivity index (χ0) is 20.8. The maximum Gasteiger partial charge on any atom is 0.267 e. The molecule has 6 heteroatoms. The van der Waals surface area contributed by atoms with Crippen LogP contribution in [0.3, 0.4) is 0 Å². The maximum absolute atomic E-state index is 10.5. The standard InChI is InChI=1S/C22H42O5S/c1-2-3-4-5-6-7-8-9-10-11-12-13-14-15-16-17-18-26-19-20-27-21-22-28(23,24)25/h2-16,19-22H2,1H3,(H,23,24,25). The van der Waals surface area contributed by atoms with E-state index in [2.05, 4.69) is 19.0 Å². The highest BCUT2D eigenvalue weighted by Crippen LogP contribution is 2.13. The first-order valence-electron chi connectivity index (χ1n) is 11.2. The fraction of sp³-hybridized carbons (Fsp3) is 0.909. The molecule has 0 aliphatic rings. The summed E-state index contributed by atoms with van der Waals surface area (Å²) in [7, 11) is -3.94. The molecule has 0 spiro atoms. The van der Waals surface area contributed by atoms with Crippen molar-refractivity contribution < 1.29 is 22.4 Å². The first kappa shape index (κ1) is 27.2. The molecule has 28 heavy (non-hydrogen) atoms. The Balaban J connectivity index is 3.15. The van der Waals surface area contributed by atoms with Crippen molar-refractivity contribution in [3.8, 4) is 12.0 Å². The SMILES string of the molecule is CCCCCCCCCCCCCCCCC#COCCOCCS(=O)(=O)O. The third-order valence-electron chi connectivity index (χ3n) is 4.62. The molecule has 0 saturated carbocycles. The second kappa shape index (κ2) is 21.0. The number of hydrogen-bond donors (Lipinski definition) is 1. The highest BCUT2D eigenvalue weighted by Gasteiger charge is 2.02. The number of rotatable bonds is 20. The Morgan fingerprint density at radius 2 is 1.21 bits per heavy atom. The van der Waals surface area contributed by atoms with Gasteiger partial charge in [0, 0.05) is 6.42 Å². The van der Waals surface area contributed by atoms with Gasteiger partial charge in [0.2, 0.25) is 0 Å². The van der Waals surface area contributed by atoms with Crippen molar-refractivity contribution in [2.75, 3.05) is 25.6 Å². The molecule has 166 valence electrons. The van der Waals surface area contributed by atoms with Crippen molar-refractivity contribution in [3.05, 3.63) is 0 Å². The minimum atomic E-state index is -3.94. The van der Waals surface area contributed by atoms with E-state index < -0.39 is 15.9 Å². The van der Waals surface area contributed by atoms with Crippen molar-refractivity contribution in [2.45, 2.75) is 103 Å². The highest BCUT2D eigenvalue weighted by molar-refractivity contribution is 7.85. The van der Waals surface area contributed by atoms with E-state index in [4.69, 9.17) is 14.0 Å². The fourth-order valence-electron chi connectivity index (χ4n) is 2.93. The van der Waals surface area contributed by atoms with Crippen LogP contribution in [0.4, 0.5) is 0 Å². The lowest BCUT2D eigenvalue weighted by Gasteiger charge is -2.02. The molecule has 0 aromatic heterocycles. The van der Waals surface area contributed by atoms with Gasteiger partial charge in [-0.05, 0) is 6.42 Å². The third kappa shape index (κ3) is 25.2. The Morgan fingerprint density at radius 1 is 0.714 bits per heavy atom. The summed E-state index contributed by atoms with van der Waals surface area (Å²) in [6.07, 6.45) is 22.4. The molecule has 0 heterocycles. The van der Waals surface area contributed by atoms with Crippen LogP contribution in [-0.2, 0) is 19.6 Å². The van der Waals surface area contributed by atoms with Gasteiger partial charge in [0.25, 0.3) is 10.1 Å². The molecular formula is C22H42O5S. The van der Waals surface area contributed by atoms with Crippen LogP contribution in [0, 0.1) is 12.0 Å². The van der Waals surface area contributed by atoms with Crippen molar-refractivity contribution in [1.82, 2.24) is 0 Å². The minimum Gasteiger partial charge on any atom is -0.444 e. The zero-order valence-electron chi connectivity index (χ0n) is 17.9. The molecule has 1 N–H and O–H groups in total. The van der Waals surface area contributed by atoms with Crippen LogP contribution in [0.1, 0.15) is 103 Å². The van der Waals surface area contributed by atoms with Crippen molar-refractivity contribution in [3.63, 3.8) is 0 Å². The number of ether oxygens (including phenoxy) is 2. The van der Waals surface area contributed by atoms with E-state index in [1.165, 1.54) is 83.5 Å². The molecule has 0 amide bonds. The molecule has 0 bridgehead atoms. The van der Waals surface area contributed by atoms with E-state index in [1.54, 1.807) is 0 Å². The molecule has 0 aliphatic heterocycles. The van der Waals surface area contributed by atoms with Gasteiger partial charge in [0.1, 0.15) is 12.7 Å². The molecular weight excluding hydrogens is 376 g/mol. The molecule has 0 aromatic carbocycles. The predicted octanol–water partition coefficient (Wildman–Crippen LogP) is 5.74. The first-order chi connectivity index (χ1) is 13.6. The Bertz CT molecular complexity index is 479. The summed E-state index contributed by atoms with van der Waals surface area (Å²) in [6, 6.07) is 0. The summed E-state index contributed by atoms with van der Waals surface area (Å²) in [5, 5.41) is 0. The van der Waals surface area contributed by atoms with Gasteiger partial charge < -0.3 is 9.47 Å². The molecule has 0 unspecified atom stereocenters. The normalized spacial score (nSPS) is 11.2. The lowest BCUT2D eigenvalue weighted by Crippen LogP contribution is -2.12. The largest absolute Gasteiger partial charge is 0.444 e. The summed E-state index contributed by atoms with van der Waals surface area (Å²) < 4.78 is 39.5. The minimum absolute atomic E-state index is 0.0331. The highest BCUT2D eigenvalue weighted by atomic mass is 32.2. The van der Waals surface area contributed by atoms with Gasteiger partial charge in [0.15, 0.2) is 0 Å². The van der Waals surface area contributed by atoms with E-state index in [0.29, 0.717) is 6.61 Å². The molecule has 0 fully saturated rings. The van der Waals surface area contributed by atoms with Gasteiger partial charge in [-0.1, -0.05) is 96.3 Å².